The van der Waals surface area contributed by atoms with Gasteiger partial charge < -0.3 is 19.4 Å². The molecule has 9 heteroatoms. The molecule has 28 heavy (non-hydrogen) atoms. The zero-order valence-electron chi connectivity index (χ0n) is 17.9. The minimum absolute atomic E-state index is 0.00792. The molecular formula is C19H33N5O4. The predicted octanol–water partition coefficient (Wildman–Crippen LogP) is 2.97. The molecule has 0 fully saturated rings. The number of unbranched alkanes of at least 4 members (excludes halogenated alkanes) is 1. The van der Waals surface area contributed by atoms with E-state index in [1.807, 2.05) is 34.6 Å². The van der Waals surface area contributed by atoms with Crippen molar-refractivity contribution < 1.29 is 18.7 Å². The Morgan fingerprint density at radius 1 is 1.25 bits per heavy atom. The molecule has 0 atom stereocenters. The third-order valence-electron chi connectivity index (χ3n) is 3.75. The van der Waals surface area contributed by atoms with Crippen LogP contribution in [0.4, 0.5) is 4.79 Å². The lowest BCUT2D eigenvalue weighted by Gasteiger charge is -2.29. The Labute approximate surface area is 166 Å². The van der Waals surface area contributed by atoms with Gasteiger partial charge in [-0.25, -0.2) is 9.78 Å². The highest BCUT2D eigenvalue weighted by atomic mass is 16.6. The lowest BCUT2D eigenvalue weighted by Crippen LogP contribution is -2.47. The van der Waals surface area contributed by atoms with Crippen LogP contribution in [0.1, 0.15) is 69.6 Å². The maximum absolute atomic E-state index is 12.3. The molecule has 0 aliphatic rings. The predicted molar refractivity (Wildman–Crippen MR) is 106 cm³/mol. The van der Waals surface area contributed by atoms with Gasteiger partial charge in [0.1, 0.15) is 5.60 Å². The number of oxazole rings is 1. The summed E-state index contributed by atoms with van der Waals surface area (Å²) in [5, 5.41) is 13.5. The fourth-order valence-corrected chi connectivity index (χ4v) is 2.52. The van der Waals surface area contributed by atoms with Gasteiger partial charge in [0, 0.05) is 26.1 Å². The van der Waals surface area contributed by atoms with E-state index in [4.69, 9.17) is 14.6 Å². The van der Waals surface area contributed by atoms with E-state index in [2.05, 4.69) is 15.6 Å². The average molecular weight is 396 g/mol. The second kappa shape index (κ2) is 10.1. The first-order valence-corrected chi connectivity index (χ1v) is 9.48. The van der Waals surface area contributed by atoms with Crippen molar-refractivity contribution in [3.05, 3.63) is 17.3 Å². The Kier molecular flexibility index (Phi) is 8.46. The van der Waals surface area contributed by atoms with Gasteiger partial charge >= 0.3 is 6.09 Å². The summed E-state index contributed by atoms with van der Waals surface area (Å²) in [6.07, 6.45) is 1.03. The van der Waals surface area contributed by atoms with E-state index in [9.17, 15) is 9.59 Å². The summed E-state index contributed by atoms with van der Waals surface area (Å²) in [5.74, 6) is 0.0498. The minimum atomic E-state index is -0.522. The van der Waals surface area contributed by atoms with Crippen LogP contribution < -0.4 is 10.6 Å². The van der Waals surface area contributed by atoms with Crippen LogP contribution in [0.25, 0.3) is 0 Å². The summed E-state index contributed by atoms with van der Waals surface area (Å²) in [6, 6.07) is 0.0316. The third kappa shape index (κ3) is 7.98. The van der Waals surface area contributed by atoms with Gasteiger partial charge in [-0.1, -0.05) is 0 Å². The van der Waals surface area contributed by atoms with Gasteiger partial charge in [-0.15, -0.1) is 0 Å². The molecule has 0 saturated carbocycles. The number of alkyl carbamates (subject to hydrolysis) is 1. The number of aromatic nitrogens is 1. The standard InChI is InChI=1S/C19H33N5O4/c1-12(2)24(11-9-8-10-21-18(26)28-19(5,6)7)17(20)23-16(25)15-13(3)22-14(4)27-15/h12H,8-11H2,1-7H3,(H,21,26)(H2,20,23,25). The van der Waals surface area contributed by atoms with Crippen molar-refractivity contribution in [2.75, 3.05) is 13.1 Å². The van der Waals surface area contributed by atoms with E-state index in [0.29, 0.717) is 24.7 Å². The Hall–Kier alpha value is -2.58. The number of nitrogens with zero attached hydrogens (tertiary/aromatic N) is 2. The van der Waals surface area contributed by atoms with Gasteiger partial charge in [-0.2, -0.15) is 0 Å². The van der Waals surface area contributed by atoms with Crippen LogP contribution in [0.5, 0.6) is 0 Å². The van der Waals surface area contributed by atoms with Crippen molar-refractivity contribution in [2.24, 2.45) is 0 Å². The molecule has 0 aromatic carbocycles. The van der Waals surface area contributed by atoms with Gasteiger partial charge in [0.2, 0.25) is 5.76 Å². The number of hydrogen-bond donors (Lipinski definition) is 3. The summed E-state index contributed by atoms with van der Waals surface area (Å²) in [6.45, 7) is 13.7. The first-order chi connectivity index (χ1) is 12.9. The number of rotatable bonds is 7. The van der Waals surface area contributed by atoms with Crippen molar-refractivity contribution >= 4 is 18.0 Å². The van der Waals surface area contributed by atoms with E-state index < -0.39 is 17.6 Å². The Morgan fingerprint density at radius 2 is 1.89 bits per heavy atom. The smallest absolute Gasteiger partial charge is 0.407 e. The number of amides is 2. The van der Waals surface area contributed by atoms with Crippen molar-refractivity contribution in [3.63, 3.8) is 0 Å². The summed E-state index contributed by atoms with van der Waals surface area (Å²) in [7, 11) is 0. The largest absolute Gasteiger partial charge is 0.444 e. The number of hydrogen-bond acceptors (Lipinski definition) is 6. The zero-order valence-corrected chi connectivity index (χ0v) is 17.9. The first kappa shape index (κ1) is 23.5. The molecule has 158 valence electrons. The molecule has 0 unspecified atom stereocenters. The van der Waals surface area contributed by atoms with E-state index >= 15 is 0 Å². The Morgan fingerprint density at radius 3 is 2.39 bits per heavy atom. The molecule has 1 rings (SSSR count). The molecule has 9 nitrogen and oxygen atoms in total. The van der Waals surface area contributed by atoms with Crippen LogP contribution in [0.15, 0.2) is 4.42 Å². The van der Waals surface area contributed by atoms with Crippen molar-refractivity contribution in [2.45, 2.75) is 73.0 Å². The highest BCUT2D eigenvalue weighted by Gasteiger charge is 2.21. The second-order valence-electron chi connectivity index (χ2n) is 7.87. The van der Waals surface area contributed by atoms with Gasteiger partial charge in [0.25, 0.3) is 5.91 Å². The number of carbonyl (C=O) groups is 2. The Balaban J connectivity index is 2.46. The maximum Gasteiger partial charge on any atom is 0.407 e. The fourth-order valence-electron chi connectivity index (χ4n) is 2.52. The molecule has 1 aromatic heterocycles. The SMILES string of the molecule is Cc1nc(C)c(C(=O)NC(=N)N(CCCCNC(=O)OC(C)(C)C)C(C)C)o1. The average Bonchev–Trinajstić information content (AvgIpc) is 2.87. The molecule has 0 spiro atoms. The molecule has 2 amide bonds. The number of guanidine groups is 1. The minimum Gasteiger partial charge on any atom is -0.444 e. The molecule has 0 aliphatic heterocycles. The van der Waals surface area contributed by atoms with Gasteiger partial charge in [-0.3, -0.25) is 15.5 Å². The van der Waals surface area contributed by atoms with Crippen molar-refractivity contribution in [1.29, 1.82) is 5.41 Å². The van der Waals surface area contributed by atoms with Gasteiger partial charge in [0.05, 0.1) is 5.69 Å². The highest BCUT2D eigenvalue weighted by molar-refractivity contribution is 6.03. The molecule has 1 aromatic rings. The van der Waals surface area contributed by atoms with Crippen LogP contribution >= 0.6 is 0 Å². The van der Waals surface area contributed by atoms with E-state index in [1.54, 1.807) is 18.7 Å². The molecule has 3 N–H and O–H groups in total. The molecular weight excluding hydrogens is 362 g/mol. The topological polar surface area (TPSA) is 121 Å². The van der Waals surface area contributed by atoms with Gasteiger partial charge in [-0.05, 0) is 54.4 Å². The fraction of sp³-hybridized carbons (Fsp3) is 0.684. The molecule has 0 saturated heterocycles. The van der Waals surface area contributed by atoms with Gasteiger partial charge in [0.15, 0.2) is 11.9 Å². The maximum atomic E-state index is 12.3. The molecule has 0 radical (unpaired) electrons. The second-order valence-corrected chi connectivity index (χ2v) is 7.87. The van der Waals surface area contributed by atoms with Crippen molar-refractivity contribution in [1.82, 2.24) is 20.5 Å². The molecule has 1 heterocycles. The summed E-state index contributed by atoms with van der Waals surface area (Å²) < 4.78 is 10.5. The summed E-state index contributed by atoms with van der Waals surface area (Å²) >= 11 is 0. The monoisotopic (exact) mass is 395 g/mol. The van der Waals surface area contributed by atoms with Crippen LogP contribution in [0.3, 0.4) is 0 Å². The van der Waals surface area contributed by atoms with Crippen molar-refractivity contribution in [3.8, 4) is 0 Å². The van der Waals surface area contributed by atoms with Crippen LogP contribution in [-0.4, -0.2) is 52.6 Å². The quantitative estimate of drug-likeness (QED) is 0.371. The molecule has 0 aliphatic carbocycles. The lowest BCUT2D eigenvalue weighted by atomic mass is 10.2. The van der Waals surface area contributed by atoms with Crippen LogP contribution in [-0.2, 0) is 4.74 Å². The van der Waals surface area contributed by atoms with E-state index in [0.717, 1.165) is 12.8 Å². The number of aryl methyl sites for hydroxylation is 2. The lowest BCUT2D eigenvalue weighted by molar-refractivity contribution is 0.0526. The summed E-state index contributed by atoms with van der Waals surface area (Å²) in [4.78, 5) is 29.8. The molecule has 0 bridgehead atoms. The number of nitrogens with one attached hydrogen (secondary N) is 3. The van der Waals surface area contributed by atoms with Crippen LogP contribution in [0, 0.1) is 19.3 Å². The first-order valence-electron chi connectivity index (χ1n) is 9.48. The number of ether oxygens (including phenoxy) is 1. The number of carbonyl (C=O) groups excluding carboxylic acids is 2. The van der Waals surface area contributed by atoms with E-state index in [-0.39, 0.29) is 17.8 Å². The summed E-state index contributed by atoms with van der Waals surface area (Å²) in [5.41, 5.74) is -0.0289. The normalized spacial score (nSPS) is 11.3. The Bertz CT molecular complexity index is 691. The zero-order chi connectivity index (χ0) is 21.5. The van der Waals surface area contributed by atoms with Crippen LogP contribution in [0.2, 0.25) is 0 Å². The third-order valence-corrected chi connectivity index (χ3v) is 3.75. The van der Waals surface area contributed by atoms with E-state index in [1.165, 1.54) is 0 Å². The highest BCUT2D eigenvalue weighted by Crippen LogP contribution is 2.10.